The minimum Gasteiger partial charge on any atom is -0.302 e. The second kappa shape index (κ2) is 13.0. The molecule has 0 spiro atoms. The summed E-state index contributed by atoms with van der Waals surface area (Å²) in [6.45, 7) is 9.71. The van der Waals surface area contributed by atoms with E-state index in [0.29, 0.717) is 23.8 Å². The highest BCUT2D eigenvalue weighted by molar-refractivity contribution is 7.98. The Morgan fingerprint density at radius 1 is 1.00 bits per heavy atom. The number of nitrogens with zero attached hydrogens (tertiary/aromatic N) is 4. The van der Waals surface area contributed by atoms with Gasteiger partial charge in [-0.15, -0.1) is 11.8 Å². The van der Waals surface area contributed by atoms with Gasteiger partial charge >= 0.3 is 0 Å². The molecule has 0 saturated heterocycles. The third kappa shape index (κ3) is 6.47. The van der Waals surface area contributed by atoms with Gasteiger partial charge in [-0.25, -0.2) is 17.7 Å². The van der Waals surface area contributed by atoms with Crippen molar-refractivity contribution in [3.05, 3.63) is 48.0 Å². The number of likely N-dealkylation sites (N-methyl/N-ethyl adjacent to an activating group) is 1. The minimum absolute atomic E-state index is 0.185. The van der Waals surface area contributed by atoms with E-state index in [2.05, 4.69) is 18.7 Å². The van der Waals surface area contributed by atoms with Crippen LogP contribution in [0.25, 0.3) is 10.2 Å². The summed E-state index contributed by atoms with van der Waals surface area (Å²) in [6, 6.07) is 12.3. The third-order valence-electron chi connectivity index (χ3n) is 6.24. The Balaban J connectivity index is 1.93. The Morgan fingerprint density at radius 3 is 2.31 bits per heavy atom. The fraction of sp³-hybridized carbons (Fsp3) is 0.462. The smallest absolute Gasteiger partial charge is 0.260 e. The standard InChI is InChI=1S/C26H36N4O3S3/c1-6-9-17-28(4)36(32,33)21-15-13-20(14-16-21)25(31)30(19-18-29(7-2)8-3)26-27-24-22(34-5)11-10-12-23(24)35-26/h10-16H,6-9,17-19H2,1-5H3. The van der Waals surface area contributed by atoms with E-state index in [1.807, 2.05) is 31.4 Å². The molecule has 0 fully saturated rings. The zero-order valence-corrected chi connectivity index (χ0v) is 24.2. The number of aromatic nitrogens is 1. The van der Waals surface area contributed by atoms with Crippen LogP contribution >= 0.6 is 23.1 Å². The number of rotatable bonds is 13. The van der Waals surface area contributed by atoms with Crippen LogP contribution in [0.2, 0.25) is 0 Å². The number of amides is 1. The summed E-state index contributed by atoms with van der Waals surface area (Å²) < 4.78 is 28.2. The normalized spacial score (nSPS) is 12.1. The van der Waals surface area contributed by atoms with Gasteiger partial charge in [0.1, 0.15) is 0 Å². The van der Waals surface area contributed by atoms with Crippen molar-refractivity contribution in [3.63, 3.8) is 0 Å². The van der Waals surface area contributed by atoms with Crippen LogP contribution in [0.5, 0.6) is 0 Å². The molecule has 0 saturated carbocycles. The maximum absolute atomic E-state index is 13.7. The van der Waals surface area contributed by atoms with Crippen molar-refractivity contribution in [2.45, 2.75) is 43.4 Å². The topological polar surface area (TPSA) is 73.8 Å². The quantitative estimate of drug-likeness (QED) is 0.265. The third-order valence-corrected chi connectivity index (χ3v) is 9.92. The summed E-state index contributed by atoms with van der Waals surface area (Å²) in [5.74, 6) is -0.185. The highest BCUT2D eigenvalue weighted by Gasteiger charge is 2.24. The predicted octanol–water partition coefficient (Wildman–Crippen LogP) is 5.43. The largest absolute Gasteiger partial charge is 0.302 e. The number of thioether (sulfide) groups is 1. The number of unbranched alkanes of at least 4 members (excludes halogenated alkanes) is 1. The summed E-state index contributed by atoms with van der Waals surface area (Å²) in [7, 11) is -2.00. The molecule has 0 N–H and O–H groups in total. The number of thiazole rings is 1. The molecular formula is C26H36N4O3S3. The lowest BCUT2D eigenvalue weighted by molar-refractivity contribution is 0.0983. The molecule has 0 aliphatic rings. The van der Waals surface area contributed by atoms with Crippen molar-refractivity contribution in [1.82, 2.24) is 14.2 Å². The van der Waals surface area contributed by atoms with Crippen LogP contribution in [-0.4, -0.2) is 74.5 Å². The fourth-order valence-corrected chi connectivity index (χ4v) is 6.72. The molecule has 3 aromatic rings. The highest BCUT2D eigenvalue weighted by Crippen LogP contribution is 2.34. The first-order valence-electron chi connectivity index (χ1n) is 12.3. The molecule has 0 unspecified atom stereocenters. The number of benzene rings is 2. The summed E-state index contributed by atoms with van der Waals surface area (Å²) >= 11 is 3.14. The van der Waals surface area contributed by atoms with Gasteiger partial charge in [-0.05, 0) is 62.2 Å². The zero-order valence-electron chi connectivity index (χ0n) is 21.7. The molecule has 1 heterocycles. The Hall–Kier alpha value is -1.98. The molecule has 0 radical (unpaired) electrons. The van der Waals surface area contributed by atoms with E-state index in [1.165, 1.54) is 27.8 Å². The molecule has 3 rings (SSSR count). The fourth-order valence-electron chi connectivity index (χ4n) is 3.86. The average molecular weight is 549 g/mol. The van der Waals surface area contributed by atoms with E-state index in [0.717, 1.165) is 47.6 Å². The van der Waals surface area contributed by atoms with Crippen molar-refractivity contribution in [1.29, 1.82) is 0 Å². The molecule has 0 bridgehead atoms. The molecule has 1 aromatic heterocycles. The van der Waals surface area contributed by atoms with Crippen molar-refractivity contribution in [3.8, 4) is 0 Å². The van der Waals surface area contributed by atoms with Gasteiger partial charge in [0.15, 0.2) is 5.13 Å². The van der Waals surface area contributed by atoms with Crippen molar-refractivity contribution in [2.24, 2.45) is 0 Å². The van der Waals surface area contributed by atoms with Crippen LogP contribution in [0, 0.1) is 0 Å². The molecule has 0 aliphatic carbocycles. The maximum Gasteiger partial charge on any atom is 0.260 e. The van der Waals surface area contributed by atoms with Crippen LogP contribution in [-0.2, 0) is 10.0 Å². The molecule has 7 nitrogen and oxygen atoms in total. The van der Waals surface area contributed by atoms with E-state index in [1.54, 1.807) is 35.8 Å². The number of fused-ring (bicyclic) bond motifs is 1. The van der Waals surface area contributed by atoms with Crippen molar-refractivity contribution >= 4 is 54.4 Å². The molecule has 196 valence electrons. The summed E-state index contributed by atoms with van der Waals surface area (Å²) in [6.07, 6.45) is 3.74. The van der Waals surface area contributed by atoms with Crippen LogP contribution in [0.15, 0.2) is 52.3 Å². The maximum atomic E-state index is 13.7. The van der Waals surface area contributed by atoms with E-state index in [9.17, 15) is 13.2 Å². The van der Waals surface area contributed by atoms with Crippen LogP contribution in [0.3, 0.4) is 0 Å². The summed E-state index contributed by atoms with van der Waals surface area (Å²) in [5, 5.41) is 0.652. The molecule has 1 amide bonds. The molecule has 2 aromatic carbocycles. The second-order valence-electron chi connectivity index (χ2n) is 8.49. The Labute approximate surface area is 223 Å². The molecule has 10 heteroatoms. The minimum atomic E-state index is -3.59. The predicted molar refractivity (Wildman–Crippen MR) is 152 cm³/mol. The number of sulfonamides is 1. The average Bonchev–Trinajstić information content (AvgIpc) is 3.33. The molecule has 0 aliphatic heterocycles. The van der Waals surface area contributed by atoms with Gasteiger partial charge in [-0.2, -0.15) is 0 Å². The van der Waals surface area contributed by atoms with Gasteiger partial charge in [-0.1, -0.05) is 44.6 Å². The van der Waals surface area contributed by atoms with Gasteiger partial charge in [0.05, 0.1) is 15.1 Å². The SMILES string of the molecule is CCCCN(C)S(=O)(=O)c1ccc(C(=O)N(CCN(CC)CC)c2nc3c(SC)cccc3s2)cc1. The first-order valence-corrected chi connectivity index (χ1v) is 15.8. The van der Waals surface area contributed by atoms with E-state index in [-0.39, 0.29) is 10.8 Å². The Morgan fingerprint density at radius 2 is 1.69 bits per heavy atom. The van der Waals surface area contributed by atoms with Crippen LogP contribution < -0.4 is 4.90 Å². The van der Waals surface area contributed by atoms with Gasteiger partial charge < -0.3 is 4.90 Å². The molecule has 36 heavy (non-hydrogen) atoms. The number of anilines is 1. The van der Waals surface area contributed by atoms with Crippen LogP contribution in [0.1, 0.15) is 44.0 Å². The van der Waals surface area contributed by atoms with E-state index in [4.69, 9.17) is 4.98 Å². The molecular weight excluding hydrogens is 513 g/mol. The lowest BCUT2D eigenvalue weighted by Crippen LogP contribution is -2.38. The van der Waals surface area contributed by atoms with Crippen molar-refractivity contribution in [2.75, 3.05) is 50.9 Å². The first kappa shape index (κ1) is 28.6. The lowest BCUT2D eigenvalue weighted by Gasteiger charge is -2.25. The zero-order chi connectivity index (χ0) is 26.3. The van der Waals surface area contributed by atoms with Gasteiger partial charge in [0, 0.05) is 37.1 Å². The monoisotopic (exact) mass is 548 g/mol. The Kier molecular flexibility index (Phi) is 10.3. The highest BCUT2D eigenvalue weighted by atomic mass is 32.2. The number of hydrogen-bond donors (Lipinski definition) is 0. The summed E-state index contributed by atoms with van der Waals surface area (Å²) in [5.41, 5.74) is 1.34. The first-order chi connectivity index (χ1) is 17.3. The number of hydrogen-bond acceptors (Lipinski definition) is 7. The van der Waals surface area contributed by atoms with Gasteiger partial charge in [0.2, 0.25) is 10.0 Å². The van der Waals surface area contributed by atoms with Crippen molar-refractivity contribution < 1.29 is 13.2 Å². The summed E-state index contributed by atoms with van der Waals surface area (Å²) in [4.78, 5) is 23.8. The second-order valence-corrected chi connectivity index (χ2v) is 12.4. The Bertz CT molecular complexity index is 1260. The van der Waals surface area contributed by atoms with Gasteiger partial charge in [-0.3, -0.25) is 9.69 Å². The number of para-hydroxylation sites is 1. The van der Waals surface area contributed by atoms with Gasteiger partial charge in [0.25, 0.3) is 5.91 Å². The number of carbonyl (C=O) groups excluding carboxylic acids is 1. The molecule has 0 atom stereocenters. The van der Waals surface area contributed by atoms with Crippen LogP contribution in [0.4, 0.5) is 5.13 Å². The lowest BCUT2D eigenvalue weighted by atomic mass is 10.2. The van der Waals surface area contributed by atoms with E-state index >= 15 is 0 Å². The number of carbonyl (C=O) groups is 1. The van der Waals surface area contributed by atoms with E-state index < -0.39 is 10.0 Å².